The van der Waals surface area contributed by atoms with Crippen molar-refractivity contribution >= 4 is 68.3 Å². The minimum atomic E-state index is -0.144. The minimum Gasteiger partial charge on any atom is -0.489 e. The molecule has 0 aliphatic carbocycles. The molecule has 33 heavy (non-hydrogen) atoms. The van der Waals surface area contributed by atoms with Crippen LogP contribution in [0, 0.1) is 0 Å². The molecule has 0 radical (unpaired) electrons. The van der Waals surface area contributed by atoms with E-state index in [0.29, 0.717) is 26.5 Å². The van der Waals surface area contributed by atoms with Gasteiger partial charge in [0.05, 0.1) is 10.6 Å². The van der Waals surface area contributed by atoms with Crippen molar-refractivity contribution in [1.29, 1.82) is 0 Å². The van der Waals surface area contributed by atoms with Gasteiger partial charge in [-0.3, -0.25) is 9.69 Å². The third kappa shape index (κ3) is 4.67. The second-order valence-corrected chi connectivity index (χ2v) is 9.61. The van der Waals surface area contributed by atoms with Gasteiger partial charge in [0.2, 0.25) is 0 Å². The number of fused-ring (bicyclic) bond motifs is 1. The molecule has 3 nitrogen and oxygen atoms in total. The highest BCUT2D eigenvalue weighted by atomic mass is 35.5. The monoisotopic (exact) mass is 487 g/mol. The zero-order valence-electron chi connectivity index (χ0n) is 17.4. The molecule has 1 saturated heterocycles. The molecule has 6 heteroatoms. The van der Waals surface area contributed by atoms with Crippen LogP contribution in [0.15, 0.2) is 95.9 Å². The number of halogens is 1. The number of ether oxygens (including phenoxy) is 1. The van der Waals surface area contributed by atoms with Gasteiger partial charge in [0.15, 0.2) is 4.32 Å². The Morgan fingerprint density at radius 2 is 1.70 bits per heavy atom. The van der Waals surface area contributed by atoms with Crippen molar-refractivity contribution in [3.05, 3.63) is 112 Å². The summed E-state index contributed by atoms with van der Waals surface area (Å²) in [5, 5.41) is 2.98. The summed E-state index contributed by atoms with van der Waals surface area (Å²) in [5.74, 6) is 0.597. The Balaban J connectivity index is 1.34. The normalized spacial score (nSPS) is 14.9. The van der Waals surface area contributed by atoms with Gasteiger partial charge in [-0.05, 0) is 64.4 Å². The van der Waals surface area contributed by atoms with Crippen LogP contribution in [0.2, 0.25) is 5.02 Å². The van der Waals surface area contributed by atoms with Crippen LogP contribution in [0.1, 0.15) is 11.1 Å². The Kier molecular flexibility index (Phi) is 6.18. The van der Waals surface area contributed by atoms with Gasteiger partial charge in [0, 0.05) is 5.02 Å². The minimum absolute atomic E-state index is 0.144. The van der Waals surface area contributed by atoms with Crippen LogP contribution in [0.4, 0.5) is 5.69 Å². The first-order chi connectivity index (χ1) is 16.1. The fourth-order valence-corrected chi connectivity index (χ4v) is 5.13. The molecule has 0 N–H and O–H groups in total. The Labute approximate surface area is 206 Å². The second kappa shape index (κ2) is 9.40. The maximum Gasteiger partial charge on any atom is 0.270 e. The van der Waals surface area contributed by atoms with Gasteiger partial charge in [-0.25, -0.2) is 0 Å². The Bertz CT molecular complexity index is 1390. The predicted molar refractivity (Wildman–Crippen MR) is 142 cm³/mol. The van der Waals surface area contributed by atoms with E-state index >= 15 is 0 Å². The molecule has 5 rings (SSSR count). The number of anilines is 1. The first-order valence-corrected chi connectivity index (χ1v) is 11.9. The van der Waals surface area contributed by atoms with E-state index in [1.165, 1.54) is 27.4 Å². The molecular weight excluding hydrogens is 470 g/mol. The van der Waals surface area contributed by atoms with E-state index < -0.39 is 0 Å². The molecule has 0 unspecified atom stereocenters. The second-order valence-electron chi connectivity index (χ2n) is 7.49. The number of benzene rings is 4. The topological polar surface area (TPSA) is 29.5 Å². The summed E-state index contributed by atoms with van der Waals surface area (Å²) in [5.41, 5.74) is 2.71. The molecule has 0 spiro atoms. The SMILES string of the molecule is O=C1/C(=C\c2cccc(OCc3cccc4ccccc34)c2)SC(=S)N1c1ccc(Cl)cc1. The smallest absolute Gasteiger partial charge is 0.270 e. The number of hydrogen-bond donors (Lipinski definition) is 0. The molecular formula is C27H18ClNO2S2. The Morgan fingerprint density at radius 1 is 0.939 bits per heavy atom. The van der Waals surface area contributed by atoms with Crippen molar-refractivity contribution in [2.45, 2.75) is 6.61 Å². The number of hydrogen-bond acceptors (Lipinski definition) is 4. The fraction of sp³-hybridized carbons (Fsp3) is 0.0370. The fourth-order valence-electron chi connectivity index (χ4n) is 3.71. The highest BCUT2D eigenvalue weighted by Crippen LogP contribution is 2.36. The van der Waals surface area contributed by atoms with Gasteiger partial charge in [0.1, 0.15) is 12.4 Å². The number of rotatable bonds is 5. The summed E-state index contributed by atoms with van der Waals surface area (Å²) < 4.78 is 6.58. The molecule has 4 aromatic rings. The van der Waals surface area contributed by atoms with Crippen LogP contribution in [0.3, 0.4) is 0 Å². The van der Waals surface area contributed by atoms with Crippen LogP contribution in [-0.4, -0.2) is 10.2 Å². The van der Waals surface area contributed by atoms with Gasteiger partial charge in [-0.1, -0.05) is 90.2 Å². The van der Waals surface area contributed by atoms with E-state index in [9.17, 15) is 4.79 Å². The number of carbonyl (C=O) groups is 1. The number of thiocarbonyl (C=S) groups is 1. The number of carbonyl (C=O) groups excluding carboxylic acids is 1. The van der Waals surface area contributed by atoms with E-state index in [0.717, 1.165) is 16.9 Å². The van der Waals surface area contributed by atoms with Gasteiger partial charge in [-0.2, -0.15) is 0 Å². The van der Waals surface area contributed by atoms with Crippen LogP contribution in [-0.2, 0) is 11.4 Å². The summed E-state index contributed by atoms with van der Waals surface area (Å²) in [7, 11) is 0. The summed E-state index contributed by atoms with van der Waals surface area (Å²) in [6, 6.07) is 29.3. The van der Waals surface area contributed by atoms with Crippen molar-refractivity contribution in [2.75, 3.05) is 4.90 Å². The average Bonchev–Trinajstić information content (AvgIpc) is 3.11. The number of thioether (sulfide) groups is 1. The van der Waals surface area contributed by atoms with E-state index in [4.69, 9.17) is 28.6 Å². The standard InChI is InChI=1S/C27H18ClNO2S2/c28-21-11-13-22(14-12-21)29-26(30)25(33-27(29)32)16-18-5-3-9-23(15-18)31-17-20-8-4-7-19-6-1-2-10-24(19)20/h1-16H,17H2/b25-16+. The van der Waals surface area contributed by atoms with Crippen molar-refractivity contribution in [3.8, 4) is 5.75 Å². The molecule has 0 saturated carbocycles. The molecule has 0 atom stereocenters. The average molecular weight is 488 g/mol. The molecule has 4 aromatic carbocycles. The van der Waals surface area contributed by atoms with Crippen molar-refractivity contribution in [3.63, 3.8) is 0 Å². The quantitative estimate of drug-likeness (QED) is 0.215. The summed E-state index contributed by atoms with van der Waals surface area (Å²) in [6.45, 7) is 0.462. The third-order valence-corrected chi connectivity index (χ3v) is 6.86. The van der Waals surface area contributed by atoms with Crippen molar-refractivity contribution < 1.29 is 9.53 Å². The summed E-state index contributed by atoms with van der Waals surface area (Å²) in [6.07, 6.45) is 1.85. The van der Waals surface area contributed by atoms with Crippen molar-refractivity contribution in [2.24, 2.45) is 0 Å². The lowest BCUT2D eigenvalue weighted by Crippen LogP contribution is -2.27. The predicted octanol–water partition coefficient (Wildman–Crippen LogP) is 7.48. The van der Waals surface area contributed by atoms with Gasteiger partial charge in [0.25, 0.3) is 5.91 Å². The van der Waals surface area contributed by atoms with Crippen LogP contribution in [0.5, 0.6) is 5.75 Å². The van der Waals surface area contributed by atoms with E-state index in [1.807, 2.05) is 48.5 Å². The zero-order valence-corrected chi connectivity index (χ0v) is 19.8. The molecule has 0 bridgehead atoms. The van der Waals surface area contributed by atoms with Gasteiger partial charge < -0.3 is 4.74 Å². The molecule has 0 aromatic heterocycles. The third-order valence-electron chi connectivity index (χ3n) is 5.31. The van der Waals surface area contributed by atoms with E-state index in [2.05, 4.69) is 24.3 Å². The molecule has 1 aliphatic heterocycles. The van der Waals surface area contributed by atoms with Gasteiger partial charge in [-0.15, -0.1) is 0 Å². The van der Waals surface area contributed by atoms with E-state index in [1.54, 1.807) is 24.3 Å². The summed E-state index contributed by atoms with van der Waals surface area (Å²) >= 11 is 12.7. The van der Waals surface area contributed by atoms with Crippen LogP contribution < -0.4 is 9.64 Å². The highest BCUT2D eigenvalue weighted by Gasteiger charge is 2.33. The van der Waals surface area contributed by atoms with E-state index in [-0.39, 0.29) is 5.91 Å². The molecule has 1 aliphatic rings. The molecule has 1 heterocycles. The molecule has 162 valence electrons. The molecule has 1 fully saturated rings. The summed E-state index contributed by atoms with van der Waals surface area (Å²) in [4.78, 5) is 15.1. The highest BCUT2D eigenvalue weighted by molar-refractivity contribution is 8.27. The zero-order chi connectivity index (χ0) is 22.8. The Hall–Kier alpha value is -3.12. The first kappa shape index (κ1) is 21.7. The lowest BCUT2D eigenvalue weighted by Gasteiger charge is -2.14. The molecule has 1 amide bonds. The maximum absolute atomic E-state index is 13.0. The lowest BCUT2D eigenvalue weighted by molar-refractivity contribution is -0.113. The van der Waals surface area contributed by atoms with Crippen LogP contribution >= 0.6 is 35.6 Å². The number of nitrogens with zero attached hydrogens (tertiary/aromatic N) is 1. The van der Waals surface area contributed by atoms with Crippen molar-refractivity contribution in [1.82, 2.24) is 0 Å². The number of amides is 1. The Morgan fingerprint density at radius 3 is 2.55 bits per heavy atom. The van der Waals surface area contributed by atoms with Crippen LogP contribution in [0.25, 0.3) is 16.8 Å². The maximum atomic E-state index is 13.0. The van der Waals surface area contributed by atoms with Gasteiger partial charge >= 0.3 is 0 Å². The lowest BCUT2D eigenvalue weighted by atomic mass is 10.1. The largest absolute Gasteiger partial charge is 0.489 e. The first-order valence-electron chi connectivity index (χ1n) is 10.3.